The van der Waals surface area contributed by atoms with Crippen molar-refractivity contribution >= 4 is 17.4 Å². The molecule has 0 saturated carbocycles. The van der Waals surface area contributed by atoms with Gasteiger partial charge < -0.3 is 10.0 Å². The van der Waals surface area contributed by atoms with Crippen LogP contribution in [-0.2, 0) is 19.3 Å². The largest absolute Gasteiger partial charge is 0.493 e. The fraction of sp³-hybridized carbons (Fsp3) is 0.444. The lowest BCUT2D eigenvalue weighted by molar-refractivity contribution is 0.233. The van der Waals surface area contributed by atoms with Crippen molar-refractivity contribution in [3.8, 4) is 5.88 Å². The molecule has 23 heavy (non-hydrogen) atoms. The average Bonchev–Trinajstić information content (AvgIpc) is 2.54. The summed E-state index contributed by atoms with van der Waals surface area (Å²) in [5.74, 6) is 0.179. The van der Waals surface area contributed by atoms with Crippen LogP contribution >= 0.6 is 11.8 Å². The maximum Gasteiger partial charge on any atom is 0.218 e. The molecule has 0 unspecified atom stereocenters. The van der Waals surface area contributed by atoms with Crippen LogP contribution in [0.4, 0.5) is 5.69 Å². The Hall–Kier alpha value is -1.75. The Kier molecular flexibility index (Phi) is 3.48. The van der Waals surface area contributed by atoms with E-state index in [4.69, 9.17) is 4.98 Å². The minimum Gasteiger partial charge on any atom is -0.493 e. The van der Waals surface area contributed by atoms with Crippen molar-refractivity contribution in [2.75, 3.05) is 24.7 Å². The molecule has 0 radical (unpaired) electrons. The first-order valence-corrected chi connectivity index (χ1v) is 9.24. The van der Waals surface area contributed by atoms with E-state index in [0.29, 0.717) is 5.16 Å². The van der Waals surface area contributed by atoms with E-state index in [-0.39, 0.29) is 11.3 Å². The Bertz CT molecular complexity index is 764. The molecule has 0 amide bonds. The van der Waals surface area contributed by atoms with Crippen LogP contribution < -0.4 is 4.90 Å². The van der Waals surface area contributed by atoms with Crippen molar-refractivity contribution in [1.29, 1.82) is 0 Å². The lowest BCUT2D eigenvalue weighted by atomic mass is 9.67. The van der Waals surface area contributed by atoms with Crippen molar-refractivity contribution < 1.29 is 5.11 Å². The molecule has 2 heterocycles. The van der Waals surface area contributed by atoms with Crippen LogP contribution in [0, 0.1) is 5.41 Å². The van der Waals surface area contributed by atoms with E-state index >= 15 is 0 Å². The van der Waals surface area contributed by atoms with Crippen molar-refractivity contribution in [3.05, 3.63) is 41.1 Å². The van der Waals surface area contributed by atoms with Crippen LogP contribution in [0.3, 0.4) is 0 Å². The lowest BCUT2D eigenvalue weighted by Crippen LogP contribution is -2.45. The summed E-state index contributed by atoms with van der Waals surface area (Å²) in [6.07, 6.45) is 5.90. The van der Waals surface area contributed by atoms with Gasteiger partial charge >= 0.3 is 0 Å². The van der Waals surface area contributed by atoms with Gasteiger partial charge in [-0.3, -0.25) is 0 Å². The molecule has 0 saturated heterocycles. The van der Waals surface area contributed by atoms with Gasteiger partial charge in [0.1, 0.15) is 0 Å². The number of aromatic hydroxyl groups is 1. The normalized spacial score (nSPS) is 22.8. The van der Waals surface area contributed by atoms with E-state index < -0.39 is 0 Å². The molecule has 4 rings (SSSR count). The molecule has 1 aromatic heterocycles. The maximum atomic E-state index is 10.2. The minimum atomic E-state index is 0.179. The Balaban J connectivity index is 1.72. The highest BCUT2D eigenvalue weighted by Crippen LogP contribution is 2.45. The van der Waals surface area contributed by atoms with Gasteiger partial charge in [0.05, 0.1) is 5.69 Å². The summed E-state index contributed by atoms with van der Waals surface area (Å²) in [7, 11) is 2.18. The van der Waals surface area contributed by atoms with E-state index in [1.54, 1.807) is 0 Å². The standard InChI is InChI=1S/C18H21N3OS/c1-21-11-18(9-12-5-3-4-6-15(12)21)8-7-13-14(10-18)19-17(23-2)20-16(13)22/h3-6H,7-11H2,1-2H3,(H,19,20,22)/t18-/m1/s1. The van der Waals surface area contributed by atoms with Crippen LogP contribution in [-0.4, -0.2) is 34.9 Å². The molecule has 5 heteroatoms. The number of thioether (sulfide) groups is 1. The van der Waals surface area contributed by atoms with Gasteiger partial charge in [-0.25, -0.2) is 4.98 Å². The van der Waals surface area contributed by atoms with Gasteiger partial charge in [0.2, 0.25) is 5.88 Å². The Morgan fingerprint density at radius 1 is 1.22 bits per heavy atom. The van der Waals surface area contributed by atoms with Gasteiger partial charge in [-0.1, -0.05) is 30.0 Å². The van der Waals surface area contributed by atoms with E-state index in [9.17, 15) is 5.11 Å². The molecule has 0 fully saturated rings. The van der Waals surface area contributed by atoms with Gasteiger partial charge in [0.25, 0.3) is 0 Å². The molecular formula is C18H21N3OS. The fourth-order valence-electron chi connectivity index (χ4n) is 4.19. The number of fused-ring (bicyclic) bond motifs is 2. The van der Waals surface area contributed by atoms with Crippen molar-refractivity contribution in [1.82, 2.24) is 9.97 Å². The van der Waals surface area contributed by atoms with Crippen molar-refractivity contribution in [2.24, 2.45) is 5.41 Å². The highest BCUT2D eigenvalue weighted by molar-refractivity contribution is 7.98. The Morgan fingerprint density at radius 2 is 2.04 bits per heavy atom. The predicted octanol–water partition coefficient (Wildman–Crippen LogP) is 3.07. The van der Waals surface area contributed by atoms with Crippen molar-refractivity contribution in [3.63, 3.8) is 0 Å². The quantitative estimate of drug-likeness (QED) is 0.644. The van der Waals surface area contributed by atoms with E-state index in [1.807, 2.05) is 6.26 Å². The van der Waals surface area contributed by atoms with E-state index in [0.717, 1.165) is 43.5 Å². The van der Waals surface area contributed by atoms with Crippen LogP contribution in [0.5, 0.6) is 5.88 Å². The third-order valence-electron chi connectivity index (χ3n) is 5.22. The number of benzene rings is 1. The zero-order chi connectivity index (χ0) is 16.0. The summed E-state index contributed by atoms with van der Waals surface area (Å²) in [5, 5.41) is 10.9. The SMILES string of the molecule is CSc1nc(O)c2c(n1)C[C@@]1(CC2)Cc2ccccc2N(C)C1. The zero-order valence-corrected chi connectivity index (χ0v) is 14.4. The third-order valence-corrected chi connectivity index (χ3v) is 5.77. The van der Waals surface area contributed by atoms with Crippen LogP contribution in [0.1, 0.15) is 23.2 Å². The topological polar surface area (TPSA) is 49.3 Å². The number of aromatic nitrogens is 2. The first-order chi connectivity index (χ1) is 11.1. The summed E-state index contributed by atoms with van der Waals surface area (Å²) < 4.78 is 0. The third kappa shape index (κ3) is 2.47. The van der Waals surface area contributed by atoms with Gasteiger partial charge in [-0.2, -0.15) is 4.98 Å². The first kappa shape index (κ1) is 14.8. The van der Waals surface area contributed by atoms with Gasteiger partial charge in [-0.05, 0) is 49.0 Å². The van der Waals surface area contributed by atoms with Crippen molar-refractivity contribution in [2.45, 2.75) is 30.8 Å². The fourth-order valence-corrected chi connectivity index (χ4v) is 4.57. The number of anilines is 1. The second-order valence-electron chi connectivity index (χ2n) is 6.80. The minimum absolute atomic E-state index is 0.179. The molecular weight excluding hydrogens is 306 g/mol. The summed E-state index contributed by atoms with van der Waals surface area (Å²) >= 11 is 1.49. The summed E-state index contributed by atoms with van der Waals surface area (Å²) in [4.78, 5) is 11.3. The molecule has 1 aliphatic heterocycles. The number of para-hydroxylation sites is 1. The second-order valence-corrected chi connectivity index (χ2v) is 7.57. The smallest absolute Gasteiger partial charge is 0.218 e. The summed E-state index contributed by atoms with van der Waals surface area (Å²) in [5.41, 5.74) is 4.98. The lowest BCUT2D eigenvalue weighted by Gasteiger charge is -2.45. The molecule has 1 aliphatic carbocycles. The first-order valence-electron chi connectivity index (χ1n) is 8.02. The number of hydrogen-bond donors (Lipinski definition) is 1. The zero-order valence-electron chi connectivity index (χ0n) is 13.5. The molecule has 0 bridgehead atoms. The Morgan fingerprint density at radius 3 is 2.87 bits per heavy atom. The molecule has 1 N–H and O–H groups in total. The van der Waals surface area contributed by atoms with Gasteiger partial charge in [-0.15, -0.1) is 0 Å². The molecule has 1 spiro atoms. The highest BCUT2D eigenvalue weighted by Gasteiger charge is 2.41. The second kappa shape index (κ2) is 5.41. The molecule has 4 nitrogen and oxygen atoms in total. The van der Waals surface area contributed by atoms with E-state index in [1.165, 1.54) is 23.0 Å². The van der Waals surface area contributed by atoms with Crippen LogP contribution in [0.25, 0.3) is 0 Å². The van der Waals surface area contributed by atoms with Gasteiger partial charge in [0, 0.05) is 24.8 Å². The van der Waals surface area contributed by atoms with Crippen LogP contribution in [0.15, 0.2) is 29.4 Å². The average molecular weight is 327 g/mol. The Labute approximate surface area is 141 Å². The molecule has 2 aromatic rings. The molecule has 1 atom stereocenters. The maximum absolute atomic E-state index is 10.2. The number of hydrogen-bond acceptors (Lipinski definition) is 5. The predicted molar refractivity (Wildman–Crippen MR) is 93.4 cm³/mol. The number of nitrogens with zero attached hydrogens (tertiary/aromatic N) is 3. The van der Waals surface area contributed by atoms with Crippen LogP contribution in [0.2, 0.25) is 0 Å². The molecule has 120 valence electrons. The summed E-state index contributed by atoms with van der Waals surface area (Å²) in [6, 6.07) is 8.69. The number of rotatable bonds is 1. The van der Waals surface area contributed by atoms with E-state index in [2.05, 4.69) is 41.2 Å². The monoisotopic (exact) mass is 327 g/mol. The van der Waals surface area contributed by atoms with Gasteiger partial charge in [0.15, 0.2) is 5.16 Å². The molecule has 2 aliphatic rings. The molecule has 1 aromatic carbocycles. The highest BCUT2D eigenvalue weighted by atomic mass is 32.2. The summed E-state index contributed by atoms with van der Waals surface area (Å²) in [6.45, 7) is 1.04.